The molecule has 0 aliphatic rings. The first-order valence-corrected chi connectivity index (χ1v) is 0.761. The van der Waals surface area contributed by atoms with Gasteiger partial charge < -0.3 is 5.48 Å². The third kappa shape index (κ3) is 575. The van der Waals surface area contributed by atoms with E-state index < -0.39 is 0 Å². The van der Waals surface area contributed by atoms with Crippen LogP contribution in [0.1, 0.15) is 0 Å². The average Bonchev–Trinajstić information content (AvgIpc) is 1.50. The molecule has 0 aromatic rings. The van der Waals surface area contributed by atoms with Crippen LogP contribution in [0.3, 0.4) is 0 Å². The second kappa shape index (κ2) is 1220. The van der Waals surface area contributed by atoms with Crippen LogP contribution in [-0.4, -0.2) is 16.0 Å². The second-order valence-corrected chi connectivity index (χ2v) is 0. The molecule has 0 bridgehead atoms. The van der Waals surface area contributed by atoms with E-state index in [2.05, 4.69) is 15.7 Å². The summed E-state index contributed by atoms with van der Waals surface area (Å²) >= 11 is 2.31. The van der Waals surface area contributed by atoms with Crippen LogP contribution in [0, 0.1) is 0 Å². The molecule has 0 aromatic heterocycles. The molecule has 0 rings (SSSR count). The molecule has 5 heteroatoms. The molecule has 0 unspecified atom stereocenters. The molecule has 37 valence electrons. The average molecular weight is 127 g/mol. The molecule has 0 radical (unpaired) electrons. The molecule has 5 heavy (non-hydrogen) atoms. The van der Waals surface area contributed by atoms with Gasteiger partial charge in [-0.2, -0.15) is 0 Å². The van der Waals surface area contributed by atoms with E-state index in [1.54, 1.807) is 0 Å². The van der Waals surface area contributed by atoms with Gasteiger partial charge in [0, 0.05) is 0 Å². The van der Waals surface area contributed by atoms with E-state index in [9.17, 15) is 0 Å². The summed E-state index contributed by atoms with van der Waals surface area (Å²) in [4.78, 5) is 0. The Kier molecular flexibility index (Phi) is 4650. The Bertz CT molecular complexity index is 3.61. The third-order valence-electron chi connectivity index (χ3n) is 0. The van der Waals surface area contributed by atoms with Gasteiger partial charge in [-0.05, 0) is 0 Å². The van der Waals surface area contributed by atoms with E-state index in [-0.39, 0.29) is 5.48 Å². The van der Waals surface area contributed by atoms with Crippen molar-refractivity contribution in [3.05, 3.63) is 0 Å². The molecule has 0 aliphatic heterocycles. The Hall–Kier alpha value is 0.186. The van der Waals surface area contributed by atoms with Gasteiger partial charge in [0.25, 0.3) is 0 Å². The van der Waals surface area contributed by atoms with Crippen molar-refractivity contribution in [2.75, 3.05) is 0 Å². The van der Waals surface area contributed by atoms with Gasteiger partial charge in [0.2, 0.25) is 0 Å². The van der Waals surface area contributed by atoms with Crippen LogP contribution >= 0.6 is 0 Å². The molecule has 4 N–H and O–H groups in total. The van der Waals surface area contributed by atoms with Crippen molar-refractivity contribution in [3.63, 3.8) is 0 Å². The van der Waals surface area contributed by atoms with E-state index in [0.717, 1.165) is 0 Å². The van der Waals surface area contributed by atoms with Crippen LogP contribution in [-0.2, 0) is 19.5 Å². The topological polar surface area (TPSA) is 89.0 Å². The zero-order valence-electron chi connectivity index (χ0n) is 2.14. The number of rotatable bonds is 0. The van der Waals surface area contributed by atoms with Crippen molar-refractivity contribution in [2.24, 2.45) is 0 Å². The first-order chi connectivity index (χ1) is 2.00. The molecule has 0 saturated carbocycles. The van der Waals surface area contributed by atoms with Crippen LogP contribution in [0.25, 0.3) is 0 Å². The van der Waals surface area contributed by atoms with E-state index in [4.69, 9.17) is 14.4 Å². The van der Waals surface area contributed by atoms with Gasteiger partial charge >= 0.3 is 19.5 Å². The van der Waals surface area contributed by atoms with Crippen molar-refractivity contribution < 1.29 is 35.5 Å². The zero-order valence-corrected chi connectivity index (χ0v) is 3.18. The molecular formula is H4CoO4. The molecule has 0 saturated heterocycles. The molecule has 0 fully saturated rings. The van der Waals surface area contributed by atoms with Crippen LogP contribution in [0.2, 0.25) is 0 Å². The second-order valence-electron chi connectivity index (χ2n) is 0. The maximum absolute atomic E-state index is 7.94. The molecule has 0 aliphatic carbocycles. The summed E-state index contributed by atoms with van der Waals surface area (Å²) in [6.45, 7) is 0. The molecular weight excluding hydrogens is 123 g/mol. The summed E-state index contributed by atoms with van der Waals surface area (Å²) in [6.07, 6.45) is 0. The van der Waals surface area contributed by atoms with Gasteiger partial charge in [0.15, 0.2) is 0 Å². The van der Waals surface area contributed by atoms with Gasteiger partial charge in [-0.25, -0.2) is 0 Å². The normalized spacial score (nSPS) is 2.20. The van der Waals surface area contributed by atoms with Gasteiger partial charge in [0.05, 0.1) is 0 Å². The minimum absolute atomic E-state index is 0. The molecule has 0 aromatic carbocycles. The summed E-state index contributed by atoms with van der Waals surface area (Å²) in [5, 5.41) is 12.0. The molecule has 0 heterocycles. The van der Waals surface area contributed by atoms with Crippen molar-refractivity contribution >= 4 is 0 Å². The van der Waals surface area contributed by atoms with Crippen molar-refractivity contribution in [3.8, 4) is 0 Å². The van der Waals surface area contributed by atoms with Crippen LogP contribution in [0.4, 0.5) is 0 Å². The Morgan fingerprint density at radius 3 is 1.20 bits per heavy atom. The zero-order chi connectivity index (χ0) is 4.00. The third-order valence-corrected chi connectivity index (χ3v) is 0. The fourth-order valence-corrected chi connectivity index (χ4v) is 0. The van der Waals surface area contributed by atoms with Crippen LogP contribution in [0.5, 0.6) is 0 Å². The van der Waals surface area contributed by atoms with Crippen LogP contribution < -0.4 is 0 Å². The Balaban J connectivity index is -0.0000000133. The summed E-state index contributed by atoms with van der Waals surface area (Å²) in [5.41, 5.74) is 0. The molecule has 0 atom stereocenters. The fourth-order valence-electron chi connectivity index (χ4n) is 0. The van der Waals surface area contributed by atoms with Crippen LogP contribution in [0.15, 0.2) is 0 Å². The van der Waals surface area contributed by atoms with Gasteiger partial charge in [-0.3, -0.25) is 10.5 Å². The van der Waals surface area contributed by atoms with E-state index in [0.29, 0.717) is 0 Å². The van der Waals surface area contributed by atoms with Crippen molar-refractivity contribution in [1.82, 2.24) is 0 Å². The van der Waals surface area contributed by atoms with E-state index in [1.165, 1.54) is 0 Å². The quantitative estimate of drug-likeness (QED) is 0.325. The summed E-state index contributed by atoms with van der Waals surface area (Å²) < 4.78 is 7.94. The predicted octanol–water partition coefficient (Wildman–Crippen LogP) is -0.929. The minimum atomic E-state index is 0. The fraction of sp³-hybridized carbons (Fsp3) is 0. The molecule has 4 nitrogen and oxygen atoms in total. The van der Waals surface area contributed by atoms with Gasteiger partial charge in [-0.1, -0.05) is 0 Å². The summed E-state index contributed by atoms with van der Waals surface area (Å²) in [6, 6.07) is 0. The number of hydrogen-bond acceptors (Lipinski definition) is 3. The van der Waals surface area contributed by atoms with Gasteiger partial charge in [-0.15, -0.1) is 0 Å². The van der Waals surface area contributed by atoms with Crippen molar-refractivity contribution in [2.45, 2.75) is 0 Å². The Labute approximate surface area is 36.5 Å². The standard InChI is InChI=1S/Co.H2O2.H2O.O/c;1-2;;/h;1-2H;1H2;. The Morgan fingerprint density at radius 1 is 1.20 bits per heavy atom. The van der Waals surface area contributed by atoms with E-state index >= 15 is 0 Å². The summed E-state index contributed by atoms with van der Waals surface area (Å²) in [5.74, 6) is 0. The first-order valence-electron chi connectivity index (χ1n) is 0.336. The first kappa shape index (κ1) is 19.0. The van der Waals surface area contributed by atoms with E-state index in [1.807, 2.05) is 0 Å². The monoisotopic (exact) mass is 127 g/mol. The van der Waals surface area contributed by atoms with Gasteiger partial charge in [0.1, 0.15) is 0 Å². The summed E-state index contributed by atoms with van der Waals surface area (Å²) in [7, 11) is 0. The molecule has 0 amide bonds. The SMILES string of the molecule is O.OO.[O]=[Co]. The predicted molar refractivity (Wildman–Crippen MR) is 9.56 cm³/mol. The van der Waals surface area contributed by atoms with Crippen molar-refractivity contribution in [1.29, 1.82) is 0 Å². The molecule has 0 spiro atoms. The Morgan fingerprint density at radius 2 is 1.20 bits per heavy atom. The maximum atomic E-state index is 7.94. The number of hydrogen-bond donors (Lipinski definition) is 2.